The number of nitrogens with one attached hydrogen (secondary N) is 1. The molecule has 47 valence electrons. The smallest absolute Gasteiger partial charge is 0.314 e. The molecule has 0 unspecified atom stereocenters. The lowest BCUT2D eigenvalue weighted by atomic mass is 10.4. The average molecular weight is 128 g/mol. The second kappa shape index (κ2) is 2.21. The maximum absolute atomic E-state index is 9.95. The summed E-state index contributed by atoms with van der Waals surface area (Å²) in [5, 5.41) is 17.9. The molecule has 1 aliphatic heterocycles. The minimum atomic E-state index is -0.950. The van der Waals surface area contributed by atoms with Crippen LogP contribution in [0, 0.1) is 0 Å². The van der Waals surface area contributed by atoms with Crippen molar-refractivity contribution in [2.45, 2.75) is 6.42 Å². The number of hydrogen-bond acceptors (Lipinski definition) is 5. The van der Waals surface area contributed by atoms with Crippen LogP contribution >= 0.6 is 0 Å². The molecule has 0 bridgehead atoms. The van der Waals surface area contributed by atoms with Crippen molar-refractivity contribution in [2.24, 2.45) is 10.4 Å². The molecule has 1 heterocycles. The van der Waals surface area contributed by atoms with E-state index in [2.05, 4.69) is 21.0 Å². The summed E-state index contributed by atoms with van der Waals surface area (Å²) < 4.78 is 0. The van der Waals surface area contributed by atoms with Crippen molar-refractivity contribution in [3.05, 3.63) is 0 Å². The fourth-order valence-corrected chi connectivity index (χ4v) is 0.397. The number of carboxylic acid groups (broad SMARTS) is 1. The lowest BCUT2D eigenvalue weighted by Gasteiger charge is -1.81. The van der Waals surface area contributed by atoms with Crippen molar-refractivity contribution in [3.8, 4) is 0 Å². The van der Waals surface area contributed by atoms with Crippen molar-refractivity contribution in [2.75, 3.05) is 0 Å². The van der Waals surface area contributed by atoms with E-state index in [1.165, 1.54) is 0 Å². The van der Waals surface area contributed by atoms with Crippen LogP contribution in [0.25, 0.3) is 0 Å². The van der Waals surface area contributed by atoms with Gasteiger partial charge in [-0.15, -0.1) is 0 Å². The predicted octanol–water partition coefficient (Wildman–Crippen LogP) is -0.919. The first-order valence-electron chi connectivity index (χ1n) is 2.23. The Labute approximate surface area is 50.3 Å². The first-order chi connectivity index (χ1) is 4.29. The molecule has 1 rings (SSSR count). The summed E-state index contributed by atoms with van der Waals surface area (Å²) in [7, 11) is 0. The average Bonchev–Trinajstić information content (AvgIpc) is 2.15. The highest BCUT2D eigenvalue weighted by Crippen LogP contribution is 1.84. The first-order valence-corrected chi connectivity index (χ1v) is 2.23. The van der Waals surface area contributed by atoms with E-state index in [9.17, 15) is 4.79 Å². The van der Waals surface area contributed by atoms with E-state index in [0.29, 0.717) is 0 Å². The third-order valence-electron chi connectivity index (χ3n) is 0.708. The van der Waals surface area contributed by atoms with Gasteiger partial charge >= 0.3 is 11.8 Å². The van der Waals surface area contributed by atoms with Gasteiger partial charge in [-0.1, -0.05) is 5.43 Å². The lowest BCUT2D eigenvalue weighted by Crippen LogP contribution is -2.20. The van der Waals surface area contributed by atoms with Gasteiger partial charge in [-0.25, -0.2) is 0 Å². The summed E-state index contributed by atoms with van der Waals surface area (Å²) in [4.78, 5) is 9.95. The molecule has 0 aliphatic carbocycles. The Morgan fingerprint density at radius 1 is 1.89 bits per heavy atom. The van der Waals surface area contributed by atoms with E-state index in [1.807, 2.05) is 0 Å². The number of hydrogen-bond donors (Lipinski definition) is 2. The number of rotatable bonds is 2. The minimum Gasteiger partial charge on any atom is -0.481 e. The summed E-state index contributed by atoms with van der Waals surface area (Å²) in [6, 6.07) is 0. The quantitative estimate of drug-likeness (QED) is 0.504. The number of carbonyl (C=O) groups is 1. The van der Waals surface area contributed by atoms with Crippen LogP contribution in [0.15, 0.2) is 10.4 Å². The highest BCUT2D eigenvalue weighted by Gasteiger charge is 2.17. The SMILES string of the molecule is O=C(O)CC1=[N+]N=NN1. The van der Waals surface area contributed by atoms with Gasteiger partial charge in [0.05, 0.1) is 0 Å². The van der Waals surface area contributed by atoms with Gasteiger partial charge in [0, 0.05) is 5.10 Å². The fraction of sp³-hybridized carbons (Fsp3) is 0.333. The molecule has 0 fully saturated rings. The third-order valence-corrected chi connectivity index (χ3v) is 0.708. The van der Waals surface area contributed by atoms with E-state index in [1.54, 1.807) is 0 Å². The summed E-state index contributed by atoms with van der Waals surface area (Å²) in [5.41, 5.74) is 2.32. The van der Waals surface area contributed by atoms with Crippen LogP contribution < -0.4 is 10.5 Å². The van der Waals surface area contributed by atoms with Crippen molar-refractivity contribution < 1.29 is 9.90 Å². The van der Waals surface area contributed by atoms with Crippen molar-refractivity contribution in [1.29, 1.82) is 0 Å². The second-order valence-electron chi connectivity index (χ2n) is 1.42. The van der Waals surface area contributed by atoms with Crippen molar-refractivity contribution in [3.63, 3.8) is 0 Å². The maximum atomic E-state index is 9.95. The molecule has 2 N–H and O–H groups in total. The third kappa shape index (κ3) is 1.48. The molecule has 6 heteroatoms. The van der Waals surface area contributed by atoms with E-state index in [0.717, 1.165) is 0 Å². The van der Waals surface area contributed by atoms with Crippen LogP contribution in [0.5, 0.6) is 0 Å². The van der Waals surface area contributed by atoms with Crippen LogP contribution in [-0.4, -0.2) is 16.9 Å². The largest absolute Gasteiger partial charge is 0.481 e. The van der Waals surface area contributed by atoms with Crippen molar-refractivity contribution in [1.82, 2.24) is 10.5 Å². The Morgan fingerprint density at radius 3 is 3.11 bits per heavy atom. The second-order valence-corrected chi connectivity index (χ2v) is 1.42. The highest BCUT2D eigenvalue weighted by atomic mass is 16.4. The Hall–Kier alpha value is -1.46. The lowest BCUT2D eigenvalue weighted by molar-refractivity contribution is -0.135. The molecule has 0 aromatic carbocycles. The van der Waals surface area contributed by atoms with Gasteiger partial charge in [0.15, 0.2) is 5.22 Å². The number of nitrogens with zero attached hydrogens (tertiary/aromatic N) is 3. The molecule has 1 aliphatic rings. The highest BCUT2D eigenvalue weighted by molar-refractivity contribution is 5.96. The van der Waals surface area contributed by atoms with Crippen LogP contribution in [-0.2, 0) is 4.79 Å². The van der Waals surface area contributed by atoms with E-state index >= 15 is 0 Å². The summed E-state index contributed by atoms with van der Waals surface area (Å²) in [5.74, 6) is -0.684. The van der Waals surface area contributed by atoms with Crippen LogP contribution in [0.4, 0.5) is 0 Å². The van der Waals surface area contributed by atoms with E-state index in [4.69, 9.17) is 5.11 Å². The Balaban J connectivity index is 2.39. The molecule has 0 atom stereocenters. The molecule has 0 saturated heterocycles. The topological polar surface area (TPSA) is 88.2 Å². The standard InChI is InChI=1S/C3H4N4O2/c8-3(9)1-2-4-6-7-5-2/h1H2,(H,8,9)(H,4,6,7)/q+1. The molecule has 0 aromatic rings. The van der Waals surface area contributed by atoms with Crippen LogP contribution in [0.3, 0.4) is 0 Å². The predicted molar refractivity (Wildman–Crippen MR) is 27.4 cm³/mol. The Kier molecular flexibility index (Phi) is 1.39. The normalized spacial score (nSPS) is 14.9. The fourth-order valence-electron chi connectivity index (χ4n) is 0.397. The molecule has 0 saturated carbocycles. The number of carboxylic acids is 1. The molecule has 0 spiro atoms. The van der Waals surface area contributed by atoms with Crippen molar-refractivity contribution >= 4 is 11.8 Å². The van der Waals surface area contributed by atoms with Gasteiger partial charge in [0.25, 0.3) is 0 Å². The zero-order valence-electron chi connectivity index (χ0n) is 4.40. The first kappa shape index (κ1) is 5.67. The molecule has 0 aromatic heterocycles. The van der Waals surface area contributed by atoms with Gasteiger partial charge in [-0.3, -0.25) is 4.79 Å². The Morgan fingerprint density at radius 2 is 2.67 bits per heavy atom. The zero-order valence-corrected chi connectivity index (χ0v) is 4.40. The van der Waals surface area contributed by atoms with E-state index < -0.39 is 5.97 Å². The Bertz CT molecular complexity index is 184. The molecule has 6 nitrogen and oxygen atoms in total. The van der Waals surface area contributed by atoms with Gasteiger partial charge in [0.1, 0.15) is 11.6 Å². The van der Waals surface area contributed by atoms with Crippen LogP contribution in [0.2, 0.25) is 0 Å². The minimum absolute atomic E-state index is 0.160. The molecular formula is C3H4N4O2+. The van der Waals surface area contributed by atoms with E-state index in [-0.39, 0.29) is 12.3 Å². The monoisotopic (exact) mass is 128 g/mol. The number of amidine groups is 1. The van der Waals surface area contributed by atoms with Gasteiger partial charge < -0.3 is 5.11 Å². The zero-order chi connectivity index (χ0) is 6.69. The van der Waals surface area contributed by atoms with Gasteiger partial charge in [0.2, 0.25) is 0 Å². The summed E-state index contributed by atoms with van der Waals surface area (Å²) in [6.07, 6.45) is -0.160. The number of aliphatic carboxylic acids is 1. The molecule has 9 heavy (non-hydrogen) atoms. The summed E-state index contributed by atoms with van der Waals surface area (Å²) >= 11 is 0. The molecular weight excluding hydrogens is 124 g/mol. The summed E-state index contributed by atoms with van der Waals surface area (Å²) in [6.45, 7) is 0. The van der Waals surface area contributed by atoms with Gasteiger partial charge in [-0.05, 0) is 0 Å². The maximum Gasteiger partial charge on any atom is 0.314 e. The van der Waals surface area contributed by atoms with Gasteiger partial charge in [-0.2, -0.15) is 0 Å². The molecule has 0 amide bonds. The molecule has 1 radical (unpaired) electrons. The van der Waals surface area contributed by atoms with Crippen LogP contribution in [0.1, 0.15) is 6.42 Å².